The van der Waals surface area contributed by atoms with Gasteiger partial charge in [0.05, 0.1) is 40.9 Å². The van der Waals surface area contributed by atoms with E-state index < -0.39 is 32.9 Å². The predicted molar refractivity (Wildman–Crippen MR) is 175 cm³/mol. The summed E-state index contributed by atoms with van der Waals surface area (Å²) in [5.41, 5.74) is 1.50. The average Bonchev–Trinajstić information content (AvgIpc) is 3.28. The third-order valence-corrected chi connectivity index (χ3v) is 9.95. The zero-order valence-corrected chi connectivity index (χ0v) is 29.4. The standard InChI is InChI=1S/C32H39ClFN7O6S/c1-31(2,3)47-30(43)36-22-14-21-19(25(33)26(22)34)9-7-10-32(21)15-24-20(17-46-32)27(37-29(35-24)48(6,44)45)40-11-8-12-41-18(16-40)13-23(38-41)28(42)39(4)5/h13-14H,7-12,15-17H2,1-6H3,(H,36,43). The maximum absolute atomic E-state index is 15.5. The predicted octanol–water partition coefficient (Wildman–Crippen LogP) is 4.63. The highest BCUT2D eigenvalue weighted by Crippen LogP contribution is 2.49. The molecule has 1 spiro atoms. The Morgan fingerprint density at radius 1 is 1.15 bits per heavy atom. The lowest BCUT2D eigenvalue weighted by atomic mass is 9.74. The van der Waals surface area contributed by atoms with Crippen LogP contribution in [0.4, 0.5) is 20.7 Å². The number of benzene rings is 1. The molecule has 2 aliphatic heterocycles. The summed E-state index contributed by atoms with van der Waals surface area (Å²) in [7, 11) is -0.492. The lowest BCUT2D eigenvalue weighted by Crippen LogP contribution is -2.41. The Hall–Kier alpha value is -3.82. The van der Waals surface area contributed by atoms with Crippen molar-refractivity contribution in [2.75, 3.05) is 37.1 Å². The van der Waals surface area contributed by atoms with Crippen molar-refractivity contribution in [2.45, 2.75) is 88.9 Å². The molecule has 1 unspecified atom stereocenters. The molecule has 258 valence electrons. The first-order valence-electron chi connectivity index (χ1n) is 15.7. The maximum Gasteiger partial charge on any atom is 0.412 e. The second-order valence-electron chi connectivity index (χ2n) is 13.8. The van der Waals surface area contributed by atoms with E-state index in [1.54, 1.807) is 45.6 Å². The maximum atomic E-state index is 15.5. The number of hydrogen-bond acceptors (Lipinski definition) is 10. The van der Waals surface area contributed by atoms with Gasteiger partial charge in [-0.25, -0.2) is 27.6 Å². The van der Waals surface area contributed by atoms with Crippen molar-refractivity contribution in [1.82, 2.24) is 24.6 Å². The third kappa shape index (κ3) is 6.47. The Bertz CT molecular complexity index is 1930. The van der Waals surface area contributed by atoms with E-state index >= 15 is 4.39 Å². The van der Waals surface area contributed by atoms with Gasteiger partial charge in [0.1, 0.15) is 11.4 Å². The first-order valence-corrected chi connectivity index (χ1v) is 18.0. The average molecular weight is 704 g/mol. The third-order valence-electron chi connectivity index (χ3n) is 8.71. The van der Waals surface area contributed by atoms with Crippen LogP contribution in [-0.2, 0) is 57.5 Å². The van der Waals surface area contributed by atoms with Gasteiger partial charge in [-0.3, -0.25) is 14.8 Å². The zero-order valence-electron chi connectivity index (χ0n) is 27.8. The number of anilines is 2. The van der Waals surface area contributed by atoms with Crippen molar-refractivity contribution < 1.29 is 31.9 Å². The van der Waals surface area contributed by atoms with Gasteiger partial charge in [-0.05, 0) is 69.7 Å². The molecule has 1 atom stereocenters. The van der Waals surface area contributed by atoms with Crippen LogP contribution in [0.3, 0.4) is 0 Å². The first-order chi connectivity index (χ1) is 22.5. The molecule has 4 heterocycles. The summed E-state index contributed by atoms with van der Waals surface area (Å²) in [4.78, 5) is 37.8. The van der Waals surface area contributed by atoms with Gasteiger partial charge < -0.3 is 19.3 Å². The summed E-state index contributed by atoms with van der Waals surface area (Å²) >= 11 is 6.58. The fourth-order valence-corrected chi connectivity index (χ4v) is 7.39. The highest BCUT2D eigenvalue weighted by atomic mass is 35.5. The SMILES string of the molecule is CN(C)C(=O)c1cc2n(n1)CCCN(c1nc(S(C)(=O)=O)nc3c1COC1(CCCc4c1cc(NC(=O)OC(C)(C)C)c(F)c4Cl)C3)C2. The molecule has 48 heavy (non-hydrogen) atoms. The molecule has 13 nitrogen and oxygen atoms in total. The summed E-state index contributed by atoms with van der Waals surface area (Å²) in [6.45, 7) is 6.63. The van der Waals surface area contributed by atoms with Crippen LogP contribution >= 0.6 is 11.6 Å². The number of carbonyl (C=O) groups is 2. The number of amides is 2. The monoisotopic (exact) mass is 703 g/mol. The summed E-state index contributed by atoms with van der Waals surface area (Å²) in [5.74, 6) is -0.544. The van der Waals surface area contributed by atoms with Crippen molar-refractivity contribution in [3.05, 3.63) is 56.7 Å². The molecule has 1 aliphatic carbocycles. The number of aromatic nitrogens is 4. The van der Waals surface area contributed by atoms with E-state index in [9.17, 15) is 18.0 Å². The fraction of sp³-hybridized carbons (Fsp3) is 0.531. The zero-order chi connectivity index (χ0) is 34.8. The van der Waals surface area contributed by atoms with E-state index in [0.29, 0.717) is 79.2 Å². The minimum Gasteiger partial charge on any atom is -0.444 e. The van der Waals surface area contributed by atoms with Gasteiger partial charge >= 0.3 is 6.09 Å². The number of hydrogen-bond donors (Lipinski definition) is 1. The number of aryl methyl sites for hydroxylation is 1. The van der Waals surface area contributed by atoms with Crippen LogP contribution in [0.5, 0.6) is 0 Å². The van der Waals surface area contributed by atoms with E-state index in [4.69, 9.17) is 21.1 Å². The molecule has 2 amide bonds. The molecule has 1 N–H and O–H groups in total. The minimum atomic E-state index is -3.82. The normalized spacial score (nSPS) is 19.2. The smallest absolute Gasteiger partial charge is 0.412 e. The summed E-state index contributed by atoms with van der Waals surface area (Å²) in [6, 6.07) is 3.29. The Morgan fingerprint density at radius 2 is 1.90 bits per heavy atom. The minimum absolute atomic E-state index is 0.0537. The van der Waals surface area contributed by atoms with Crippen LogP contribution in [0, 0.1) is 5.82 Å². The van der Waals surface area contributed by atoms with Crippen LogP contribution in [0.15, 0.2) is 17.3 Å². The number of halogens is 2. The van der Waals surface area contributed by atoms with E-state index in [1.165, 1.54) is 11.0 Å². The molecule has 3 aromatic rings. The van der Waals surface area contributed by atoms with Crippen molar-refractivity contribution >= 4 is 44.9 Å². The van der Waals surface area contributed by atoms with Gasteiger partial charge in [0.25, 0.3) is 5.91 Å². The highest BCUT2D eigenvalue weighted by Gasteiger charge is 2.45. The van der Waals surface area contributed by atoms with Crippen LogP contribution in [0.25, 0.3) is 0 Å². The van der Waals surface area contributed by atoms with Crippen LogP contribution < -0.4 is 10.2 Å². The van der Waals surface area contributed by atoms with Gasteiger partial charge in [0.15, 0.2) is 11.5 Å². The van der Waals surface area contributed by atoms with Gasteiger partial charge in [-0.2, -0.15) is 5.10 Å². The Balaban J connectivity index is 1.40. The number of carbonyl (C=O) groups excluding carboxylic acids is 2. The number of sulfone groups is 1. The lowest BCUT2D eigenvalue weighted by Gasteiger charge is -2.43. The molecule has 6 rings (SSSR count). The number of nitrogens with one attached hydrogen (secondary N) is 1. The second kappa shape index (κ2) is 12.3. The molecular weight excluding hydrogens is 665 g/mol. The van der Waals surface area contributed by atoms with Gasteiger partial charge in [0, 0.05) is 45.4 Å². The van der Waals surface area contributed by atoms with Gasteiger partial charge in [-0.15, -0.1) is 0 Å². The van der Waals surface area contributed by atoms with Crippen molar-refractivity contribution in [1.29, 1.82) is 0 Å². The molecule has 0 radical (unpaired) electrons. The largest absolute Gasteiger partial charge is 0.444 e. The topological polar surface area (TPSA) is 149 Å². The number of rotatable bonds is 4. The molecule has 0 saturated heterocycles. The Morgan fingerprint density at radius 3 is 2.58 bits per heavy atom. The summed E-state index contributed by atoms with van der Waals surface area (Å²) in [5, 5.41) is 6.58. The first kappa shape index (κ1) is 34.1. The number of ether oxygens (including phenoxy) is 2. The molecule has 2 aromatic heterocycles. The second-order valence-corrected chi connectivity index (χ2v) is 16.1. The quantitative estimate of drug-likeness (QED) is 0.381. The van der Waals surface area contributed by atoms with Gasteiger partial charge in [0.2, 0.25) is 15.0 Å². The molecule has 3 aliphatic rings. The summed E-state index contributed by atoms with van der Waals surface area (Å²) < 4.78 is 55.1. The van der Waals surface area contributed by atoms with E-state index in [2.05, 4.69) is 20.4 Å². The molecule has 0 bridgehead atoms. The van der Waals surface area contributed by atoms with Crippen molar-refractivity contribution in [3.8, 4) is 0 Å². The lowest BCUT2D eigenvalue weighted by molar-refractivity contribution is -0.0856. The summed E-state index contributed by atoms with van der Waals surface area (Å²) in [6.07, 6.45) is 2.76. The molecule has 1 aromatic carbocycles. The van der Waals surface area contributed by atoms with Crippen LogP contribution in [0.2, 0.25) is 5.02 Å². The number of nitrogens with zero attached hydrogens (tertiary/aromatic N) is 6. The molecular formula is C32H39ClFN7O6S. The van der Waals surface area contributed by atoms with E-state index in [-0.39, 0.29) is 34.8 Å². The van der Waals surface area contributed by atoms with Crippen LogP contribution in [0.1, 0.15) is 78.6 Å². The molecule has 16 heteroatoms. The van der Waals surface area contributed by atoms with Crippen molar-refractivity contribution in [3.63, 3.8) is 0 Å². The van der Waals surface area contributed by atoms with E-state index in [0.717, 1.165) is 11.9 Å². The van der Waals surface area contributed by atoms with Crippen LogP contribution in [-0.4, -0.2) is 77.6 Å². The number of fused-ring (bicyclic) bond motifs is 4. The Labute approximate surface area is 283 Å². The Kier molecular flexibility index (Phi) is 8.69. The van der Waals surface area contributed by atoms with Crippen molar-refractivity contribution in [2.24, 2.45) is 0 Å². The molecule has 0 saturated carbocycles. The van der Waals surface area contributed by atoms with E-state index in [1.807, 2.05) is 4.90 Å². The van der Waals surface area contributed by atoms with Gasteiger partial charge in [-0.1, -0.05) is 11.6 Å². The highest BCUT2D eigenvalue weighted by molar-refractivity contribution is 7.90. The fourth-order valence-electron chi connectivity index (χ4n) is 6.56. The molecule has 0 fully saturated rings.